The Hall–Kier alpha value is -7.20. The Labute approximate surface area is 450 Å². The first-order chi connectivity index (χ1) is 35.1. The summed E-state index contributed by atoms with van der Waals surface area (Å²) in [6.45, 7) is 39.4. The summed E-state index contributed by atoms with van der Waals surface area (Å²) in [7, 11) is 4.00. The molecular weight excluding hydrogens is 937 g/mol. The number of hydrogen-bond acceptors (Lipinski definition) is 8. The number of imidazole rings is 2. The third-order valence-electron chi connectivity index (χ3n) is 15.1. The molecule has 0 radical (unpaired) electrons. The van der Waals surface area contributed by atoms with Gasteiger partial charge in [-0.1, -0.05) is 149 Å². The second-order valence-corrected chi connectivity index (χ2v) is 27.3. The summed E-state index contributed by atoms with van der Waals surface area (Å²) >= 11 is 0. The zero-order chi connectivity index (χ0) is 55.6. The second kappa shape index (κ2) is 18.2. The van der Waals surface area contributed by atoms with E-state index < -0.39 is 0 Å². The number of benzene rings is 4. The predicted molar refractivity (Wildman–Crippen MR) is 314 cm³/mol. The Bertz CT molecular complexity index is 3510. The number of rotatable bonds is 6. The van der Waals surface area contributed by atoms with Crippen LogP contribution >= 0.6 is 0 Å². The van der Waals surface area contributed by atoms with E-state index >= 15 is 0 Å². The molecule has 0 aliphatic heterocycles. The molecule has 9 rings (SSSR count). The molecule has 0 aliphatic rings. The number of aromatic hydroxyl groups is 2. The number of aromatic nitrogens is 8. The average Bonchev–Trinajstić information content (AvgIpc) is 3.85. The fraction of sp³-hybridized carbons (Fsp3) is 0.394. The van der Waals surface area contributed by atoms with Crippen molar-refractivity contribution in [3.63, 3.8) is 0 Å². The van der Waals surface area contributed by atoms with E-state index in [-0.39, 0.29) is 44.0 Å². The summed E-state index contributed by atoms with van der Waals surface area (Å²) in [5.74, 6) is 1.85. The third-order valence-corrected chi connectivity index (χ3v) is 15.1. The minimum Gasteiger partial charge on any atom is -0.507 e. The first-order valence-corrected chi connectivity index (χ1v) is 26.6. The van der Waals surface area contributed by atoms with Crippen molar-refractivity contribution in [2.45, 2.75) is 157 Å². The number of nitrogens with zero attached hydrogens (tertiary/aromatic N) is 8. The van der Waals surface area contributed by atoms with Crippen molar-refractivity contribution in [3.8, 4) is 79.0 Å². The quantitative estimate of drug-likeness (QED) is 0.169. The zero-order valence-corrected chi connectivity index (χ0v) is 48.7. The lowest BCUT2D eigenvalue weighted by molar-refractivity contribution is 0.445. The van der Waals surface area contributed by atoms with Crippen molar-refractivity contribution in [2.24, 2.45) is 14.1 Å². The molecule has 0 unspecified atom stereocenters. The van der Waals surface area contributed by atoms with E-state index in [1.807, 2.05) is 48.0 Å². The molecule has 5 aromatic heterocycles. The molecule has 9 aromatic rings. The largest absolute Gasteiger partial charge is 0.507 e. The van der Waals surface area contributed by atoms with Crippen LogP contribution in [0.4, 0.5) is 0 Å². The van der Waals surface area contributed by atoms with Gasteiger partial charge in [0.15, 0.2) is 0 Å². The van der Waals surface area contributed by atoms with Gasteiger partial charge in [0.25, 0.3) is 0 Å². The van der Waals surface area contributed by atoms with E-state index in [0.29, 0.717) is 22.8 Å². The smallest absolute Gasteiger partial charge is 0.144 e. The van der Waals surface area contributed by atoms with Gasteiger partial charge in [-0.25, -0.2) is 19.9 Å². The van der Waals surface area contributed by atoms with E-state index in [1.54, 1.807) is 6.33 Å². The van der Waals surface area contributed by atoms with Crippen molar-refractivity contribution in [1.82, 2.24) is 39.0 Å². The zero-order valence-electron chi connectivity index (χ0n) is 48.7. The van der Waals surface area contributed by atoms with Crippen LogP contribution in [0.1, 0.15) is 158 Å². The van der Waals surface area contributed by atoms with Gasteiger partial charge in [0.1, 0.15) is 40.5 Å². The van der Waals surface area contributed by atoms with Crippen molar-refractivity contribution < 1.29 is 10.2 Å². The number of hydrogen-bond donors (Lipinski definition) is 2. The summed E-state index contributed by atoms with van der Waals surface area (Å²) in [5, 5.41) is 24.0. The molecule has 0 saturated carbocycles. The van der Waals surface area contributed by atoms with E-state index in [0.717, 1.165) is 100 Å². The lowest BCUT2D eigenvalue weighted by atomic mass is 9.79. The molecule has 76 heavy (non-hydrogen) atoms. The Kier molecular flexibility index (Phi) is 12.9. The minimum atomic E-state index is -0.292. The molecule has 0 amide bonds. The molecule has 0 aliphatic carbocycles. The number of aryl methyl sites for hydroxylation is 2. The third kappa shape index (κ3) is 9.91. The van der Waals surface area contributed by atoms with E-state index in [1.165, 1.54) is 0 Å². The van der Waals surface area contributed by atoms with Gasteiger partial charge in [-0.15, -0.1) is 0 Å². The summed E-state index contributed by atoms with van der Waals surface area (Å²) in [4.78, 5) is 30.2. The van der Waals surface area contributed by atoms with Gasteiger partial charge in [0.2, 0.25) is 0 Å². The van der Waals surface area contributed by atoms with Crippen LogP contribution in [-0.4, -0.2) is 49.3 Å². The maximum atomic E-state index is 12.0. The van der Waals surface area contributed by atoms with Gasteiger partial charge in [-0.05, 0) is 108 Å². The van der Waals surface area contributed by atoms with Gasteiger partial charge >= 0.3 is 0 Å². The van der Waals surface area contributed by atoms with Crippen molar-refractivity contribution >= 4 is 22.1 Å². The average molecular weight is 1020 g/mol. The predicted octanol–water partition coefficient (Wildman–Crippen LogP) is 16.2. The molecule has 0 bridgehead atoms. The molecule has 10 heteroatoms. The SMILES string of the molecule is Cn1c(-c2cc(C(C)(C)C)cc(C(C)(C)C)c2O)nc2c(-c3cc(-c4cc(-c5cc(-c6cncc7c6nc(-c6cc(C(C)(C)C)cc(C(C)(C)C)c6O)n7C)cc(C(C)(C)C)c5)ncn4)cc(C(C)(C)C)c3)cncc21. The summed E-state index contributed by atoms with van der Waals surface area (Å²) < 4.78 is 4.10. The monoisotopic (exact) mass is 1010 g/mol. The highest BCUT2D eigenvalue weighted by Crippen LogP contribution is 2.46. The van der Waals surface area contributed by atoms with Gasteiger partial charge in [-0.3, -0.25) is 9.97 Å². The van der Waals surface area contributed by atoms with E-state index in [9.17, 15) is 10.2 Å². The molecular formula is C66H78N8O2. The number of pyridine rings is 2. The Morgan fingerprint density at radius 3 is 1.01 bits per heavy atom. The van der Waals surface area contributed by atoms with E-state index in [2.05, 4.69) is 191 Å². The van der Waals surface area contributed by atoms with Crippen molar-refractivity contribution in [3.05, 3.63) is 131 Å². The lowest BCUT2D eigenvalue weighted by Crippen LogP contribution is -2.17. The van der Waals surface area contributed by atoms with Crippen molar-refractivity contribution in [1.29, 1.82) is 0 Å². The molecule has 0 atom stereocenters. The van der Waals surface area contributed by atoms with Crippen LogP contribution in [0.25, 0.3) is 89.6 Å². The van der Waals surface area contributed by atoms with Gasteiger partial charge in [0, 0.05) is 59.9 Å². The molecule has 2 N–H and O–H groups in total. The first kappa shape index (κ1) is 53.6. The van der Waals surface area contributed by atoms with E-state index in [4.69, 9.17) is 29.9 Å². The highest BCUT2D eigenvalue weighted by atomic mass is 16.3. The molecule has 0 spiro atoms. The highest BCUT2D eigenvalue weighted by molar-refractivity contribution is 5.96. The molecule has 4 aromatic carbocycles. The van der Waals surface area contributed by atoms with Crippen LogP contribution in [0.3, 0.4) is 0 Å². The second-order valence-electron chi connectivity index (χ2n) is 27.3. The summed E-state index contributed by atoms with van der Waals surface area (Å²) in [6.07, 6.45) is 9.18. The Morgan fingerprint density at radius 1 is 0.355 bits per heavy atom. The summed E-state index contributed by atoms with van der Waals surface area (Å²) in [5.41, 5.74) is 16.9. The number of fused-ring (bicyclic) bond motifs is 2. The van der Waals surface area contributed by atoms with Crippen molar-refractivity contribution in [2.75, 3.05) is 0 Å². The maximum Gasteiger partial charge on any atom is 0.144 e. The van der Waals surface area contributed by atoms with Gasteiger partial charge in [-0.2, -0.15) is 0 Å². The Morgan fingerprint density at radius 2 is 0.684 bits per heavy atom. The minimum absolute atomic E-state index is 0.151. The van der Waals surface area contributed by atoms with Crippen LogP contribution in [-0.2, 0) is 46.6 Å². The topological polar surface area (TPSA) is 128 Å². The van der Waals surface area contributed by atoms with Crippen LogP contribution in [0.15, 0.2) is 97.8 Å². The lowest BCUT2D eigenvalue weighted by Gasteiger charge is -2.27. The standard InChI is InChI=1S/C66H78N8O2/c1-61(2,3)41-23-37(47-32-67-34-53-55(47)71-59(73(53)19)45-27-43(63(7,8)9)29-49(57(45)75)65(13,14)15)21-39(25-41)51-31-52(70-36-69-51)40-22-38(24-42(26-40)62(4,5)6)48-33-68-35-54-56(48)72-60(74(54)20)46-28-44(64(10,11)12)30-50(58(46)76)66(16,17)18/h21-36,75-76H,1-20H3. The molecule has 0 fully saturated rings. The number of phenolic OH excluding ortho intramolecular Hbond substituents is 2. The van der Waals surface area contributed by atoms with Gasteiger partial charge in [0.05, 0.1) is 45.9 Å². The summed E-state index contributed by atoms with van der Waals surface area (Å²) in [6, 6.07) is 23.9. The highest BCUT2D eigenvalue weighted by Gasteiger charge is 2.31. The van der Waals surface area contributed by atoms with Crippen LogP contribution < -0.4 is 0 Å². The van der Waals surface area contributed by atoms with Crippen LogP contribution in [0.5, 0.6) is 11.5 Å². The molecule has 10 nitrogen and oxygen atoms in total. The van der Waals surface area contributed by atoms with Crippen LogP contribution in [0.2, 0.25) is 0 Å². The Balaban J connectivity index is 1.18. The van der Waals surface area contributed by atoms with Crippen LogP contribution in [0, 0.1) is 0 Å². The fourth-order valence-corrected chi connectivity index (χ4v) is 10.1. The fourth-order valence-electron chi connectivity index (χ4n) is 10.1. The van der Waals surface area contributed by atoms with Gasteiger partial charge < -0.3 is 19.3 Å². The molecule has 0 saturated heterocycles. The normalized spacial score (nSPS) is 13.1. The molecule has 5 heterocycles. The maximum absolute atomic E-state index is 12.0. The molecule has 394 valence electrons. The first-order valence-electron chi connectivity index (χ1n) is 26.6. The number of phenols is 2.